The van der Waals surface area contributed by atoms with Gasteiger partial charge in [-0.1, -0.05) is 0 Å². The van der Waals surface area contributed by atoms with Crippen molar-refractivity contribution in [3.05, 3.63) is 6.07 Å². The van der Waals surface area contributed by atoms with Gasteiger partial charge in [-0.2, -0.15) is 9.97 Å². The Kier molecular flexibility index (Phi) is 4.91. The molecule has 0 aliphatic carbocycles. The van der Waals surface area contributed by atoms with Gasteiger partial charge in [-0.15, -0.1) is 0 Å². The van der Waals surface area contributed by atoms with E-state index in [1.165, 1.54) is 14.2 Å². The summed E-state index contributed by atoms with van der Waals surface area (Å²) in [7, 11) is 3.02. The van der Waals surface area contributed by atoms with Gasteiger partial charge in [0.15, 0.2) is 0 Å². The first-order valence-electron chi connectivity index (χ1n) is 8.30. The maximum Gasteiger partial charge on any atom is 0.251 e. The lowest BCUT2D eigenvalue weighted by molar-refractivity contribution is -0.140. The molecule has 0 radical (unpaired) electrons. The zero-order chi connectivity index (χ0) is 18.0. The van der Waals surface area contributed by atoms with Crippen molar-refractivity contribution in [2.24, 2.45) is 5.92 Å². The molecule has 2 fully saturated rings. The topological polar surface area (TPSA) is 67.8 Å². The van der Waals surface area contributed by atoms with E-state index < -0.39 is 5.92 Å². The van der Waals surface area contributed by atoms with E-state index in [4.69, 9.17) is 9.47 Å². The zero-order valence-electron chi connectivity index (χ0n) is 14.4. The number of alkyl halides is 2. The maximum atomic E-state index is 13.3. The summed E-state index contributed by atoms with van der Waals surface area (Å²) in [5.41, 5.74) is 0. The first-order valence-corrected chi connectivity index (χ1v) is 8.30. The first kappa shape index (κ1) is 17.6. The monoisotopic (exact) mass is 356 g/mol. The molecular weight excluding hydrogens is 334 g/mol. The summed E-state index contributed by atoms with van der Waals surface area (Å²) in [5.74, 6) is -1.73. The lowest BCUT2D eigenvalue weighted by atomic mass is 10.0. The molecule has 1 atom stereocenters. The van der Waals surface area contributed by atoms with Crippen molar-refractivity contribution in [1.82, 2.24) is 14.9 Å². The minimum absolute atomic E-state index is 0.0622. The van der Waals surface area contributed by atoms with E-state index in [1.807, 2.05) is 4.90 Å². The van der Waals surface area contributed by atoms with Crippen molar-refractivity contribution in [1.29, 1.82) is 0 Å². The van der Waals surface area contributed by atoms with E-state index in [9.17, 15) is 13.6 Å². The Labute approximate surface area is 144 Å². The molecule has 1 amide bonds. The number of anilines is 1. The van der Waals surface area contributed by atoms with Crippen molar-refractivity contribution < 1.29 is 23.0 Å². The molecule has 3 rings (SSSR count). The van der Waals surface area contributed by atoms with Gasteiger partial charge in [-0.05, 0) is 6.42 Å². The Hall–Kier alpha value is -2.19. The van der Waals surface area contributed by atoms with Gasteiger partial charge in [0.1, 0.15) is 0 Å². The van der Waals surface area contributed by atoms with Crippen LogP contribution in [0.4, 0.5) is 14.7 Å². The number of aromatic nitrogens is 2. The highest BCUT2D eigenvalue weighted by molar-refractivity contribution is 5.80. The molecule has 7 nitrogen and oxygen atoms in total. The van der Waals surface area contributed by atoms with E-state index in [0.29, 0.717) is 37.2 Å². The number of methoxy groups -OCH3 is 2. The molecule has 138 valence electrons. The first-order chi connectivity index (χ1) is 11.9. The van der Waals surface area contributed by atoms with E-state index in [0.717, 1.165) is 0 Å². The predicted octanol–water partition coefficient (Wildman–Crippen LogP) is 1.58. The average Bonchev–Trinajstić information content (AvgIpc) is 3.10. The van der Waals surface area contributed by atoms with Crippen LogP contribution in [0.1, 0.15) is 19.3 Å². The Bertz CT molecular complexity index is 612. The van der Waals surface area contributed by atoms with Crippen molar-refractivity contribution in [3.8, 4) is 11.8 Å². The van der Waals surface area contributed by atoms with Gasteiger partial charge in [-0.3, -0.25) is 4.79 Å². The lowest BCUT2D eigenvalue weighted by Crippen LogP contribution is -2.45. The van der Waals surface area contributed by atoms with Crippen LogP contribution in [0.15, 0.2) is 6.07 Å². The molecular formula is C16H22F2N4O3. The number of carbonyl (C=O) groups excluding carboxylic acids is 1. The number of nitrogens with zero attached hydrogens (tertiary/aromatic N) is 4. The summed E-state index contributed by atoms with van der Waals surface area (Å²) >= 11 is 0. The van der Waals surface area contributed by atoms with Crippen LogP contribution in [0.25, 0.3) is 0 Å². The number of ether oxygens (including phenoxy) is 2. The van der Waals surface area contributed by atoms with E-state index in [2.05, 4.69) is 9.97 Å². The fourth-order valence-electron chi connectivity index (χ4n) is 3.20. The second-order valence-corrected chi connectivity index (χ2v) is 6.37. The number of halogens is 2. The highest BCUT2D eigenvalue weighted by Gasteiger charge is 2.39. The summed E-state index contributed by atoms with van der Waals surface area (Å²) in [6.45, 7) is 1.32. The van der Waals surface area contributed by atoms with Gasteiger partial charge in [0.25, 0.3) is 5.92 Å². The number of likely N-dealkylation sites (tertiary alicyclic amines) is 1. The number of rotatable bonds is 4. The minimum Gasteiger partial charge on any atom is -0.481 e. The Morgan fingerprint density at radius 2 is 1.76 bits per heavy atom. The SMILES string of the molecule is COc1cc(OC)nc(N2CCC(C(=O)N3CCC(F)(F)CC3)C2)n1. The second-order valence-electron chi connectivity index (χ2n) is 6.37. The third-order valence-electron chi connectivity index (χ3n) is 4.71. The number of carbonyl (C=O) groups is 1. The Morgan fingerprint density at radius 3 is 2.32 bits per heavy atom. The van der Waals surface area contributed by atoms with Gasteiger partial charge in [0, 0.05) is 39.0 Å². The smallest absolute Gasteiger partial charge is 0.251 e. The quantitative estimate of drug-likeness (QED) is 0.816. The molecule has 1 aromatic rings. The second kappa shape index (κ2) is 6.97. The van der Waals surface area contributed by atoms with E-state index in [-0.39, 0.29) is 37.8 Å². The van der Waals surface area contributed by atoms with E-state index in [1.54, 1.807) is 11.0 Å². The van der Waals surface area contributed by atoms with E-state index >= 15 is 0 Å². The lowest BCUT2D eigenvalue weighted by Gasteiger charge is -2.33. The van der Waals surface area contributed by atoms with Crippen LogP contribution in [-0.2, 0) is 4.79 Å². The van der Waals surface area contributed by atoms with Crippen LogP contribution < -0.4 is 14.4 Å². The summed E-state index contributed by atoms with van der Waals surface area (Å²) in [4.78, 5) is 24.6. The largest absolute Gasteiger partial charge is 0.481 e. The predicted molar refractivity (Wildman–Crippen MR) is 86.2 cm³/mol. The van der Waals surface area contributed by atoms with Crippen molar-refractivity contribution in [2.45, 2.75) is 25.2 Å². The molecule has 1 unspecified atom stereocenters. The summed E-state index contributed by atoms with van der Waals surface area (Å²) < 4.78 is 36.8. The fraction of sp³-hybridized carbons (Fsp3) is 0.688. The van der Waals surface area contributed by atoms with Gasteiger partial charge < -0.3 is 19.3 Å². The van der Waals surface area contributed by atoms with Crippen LogP contribution >= 0.6 is 0 Å². The highest BCUT2D eigenvalue weighted by atomic mass is 19.3. The minimum atomic E-state index is -2.65. The summed E-state index contributed by atoms with van der Waals surface area (Å²) in [6.07, 6.45) is 0.130. The van der Waals surface area contributed by atoms with Crippen molar-refractivity contribution >= 4 is 11.9 Å². The van der Waals surface area contributed by atoms with Gasteiger partial charge >= 0.3 is 0 Å². The fourth-order valence-corrected chi connectivity index (χ4v) is 3.20. The molecule has 0 aromatic carbocycles. The van der Waals surface area contributed by atoms with Crippen molar-refractivity contribution in [2.75, 3.05) is 45.3 Å². The van der Waals surface area contributed by atoms with Crippen LogP contribution in [0.5, 0.6) is 11.8 Å². The Balaban J connectivity index is 1.65. The van der Waals surface area contributed by atoms with Gasteiger partial charge in [0.2, 0.25) is 23.6 Å². The van der Waals surface area contributed by atoms with Crippen LogP contribution in [-0.4, -0.2) is 67.1 Å². The molecule has 3 heterocycles. The number of hydrogen-bond acceptors (Lipinski definition) is 6. The molecule has 2 aliphatic rings. The van der Waals surface area contributed by atoms with Crippen molar-refractivity contribution in [3.63, 3.8) is 0 Å². The van der Waals surface area contributed by atoms with Crippen LogP contribution in [0.2, 0.25) is 0 Å². The summed E-state index contributed by atoms with van der Waals surface area (Å²) in [5, 5.41) is 0. The maximum absolute atomic E-state index is 13.3. The van der Waals surface area contributed by atoms with Gasteiger partial charge in [-0.25, -0.2) is 8.78 Å². The highest BCUT2D eigenvalue weighted by Crippen LogP contribution is 2.30. The molecule has 0 spiro atoms. The Morgan fingerprint density at radius 1 is 1.16 bits per heavy atom. The number of piperidine rings is 1. The summed E-state index contributed by atoms with van der Waals surface area (Å²) in [6, 6.07) is 1.58. The van der Waals surface area contributed by atoms with Crippen LogP contribution in [0, 0.1) is 5.92 Å². The third kappa shape index (κ3) is 3.91. The number of amides is 1. The molecule has 1 aromatic heterocycles. The standard InChI is InChI=1S/C16H22F2N4O3/c1-24-12-9-13(25-2)20-15(19-12)22-6-3-11(10-22)14(23)21-7-4-16(17,18)5-8-21/h9,11H,3-8,10H2,1-2H3. The molecule has 0 saturated carbocycles. The molecule has 2 aliphatic heterocycles. The molecule has 0 bridgehead atoms. The third-order valence-corrected chi connectivity index (χ3v) is 4.71. The number of hydrogen-bond donors (Lipinski definition) is 0. The molecule has 25 heavy (non-hydrogen) atoms. The average molecular weight is 356 g/mol. The zero-order valence-corrected chi connectivity index (χ0v) is 14.4. The normalized spacial score (nSPS) is 22.8. The van der Waals surface area contributed by atoms with Crippen LogP contribution in [0.3, 0.4) is 0 Å². The molecule has 0 N–H and O–H groups in total. The molecule has 9 heteroatoms. The molecule has 2 saturated heterocycles. The van der Waals surface area contributed by atoms with Gasteiger partial charge in [0.05, 0.1) is 26.2 Å².